The fraction of sp³-hybridized carbons (Fsp3) is 0.174. The van der Waals surface area contributed by atoms with Gasteiger partial charge in [0.25, 0.3) is 0 Å². The van der Waals surface area contributed by atoms with E-state index in [2.05, 4.69) is 10.4 Å². The van der Waals surface area contributed by atoms with Crippen molar-refractivity contribution in [3.8, 4) is 16.9 Å². The lowest BCUT2D eigenvalue weighted by molar-refractivity contribution is -0.129. The van der Waals surface area contributed by atoms with Crippen LogP contribution in [0.4, 0.5) is 0 Å². The molecule has 0 aliphatic heterocycles. The van der Waals surface area contributed by atoms with Gasteiger partial charge in [-0.25, -0.2) is 4.68 Å². The average molecular weight is 420 g/mol. The number of para-hydroxylation sites is 1. The summed E-state index contributed by atoms with van der Waals surface area (Å²) in [7, 11) is 0. The van der Waals surface area contributed by atoms with Gasteiger partial charge in [-0.15, -0.1) is 0 Å². The molecule has 6 nitrogen and oxygen atoms in total. The second-order valence-electron chi connectivity index (χ2n) is 7.49. The summed E-state index contributed by atoms with van der Waals surface area (Å²) in [5.74, 6) is -0.159. The first-order chi connectivity index (χ1) is 14.4. The van der Waals surface area contributed by atoms with E-state index in [0.717, 1.165) is 22.5 Å². The van der Waals surface area contributed by atoms with E-state index in [4.69, 9.17) is 16.7 Å². The minimum atomic E-state index is -0.879. The van der Waals surface area contributed by atoms with Crippen LogP contribution in [0.3, 0.4) is 0 Å². The SMILES string of the molecule is CC(C)(C(=O)NCc1cn(-c2ccccc2)nc1-c1ccccc1)n1cc(Cl)cn1. The molecule has 7 heteroatoms. The molecule has 2 aromatic carbocycles. The Morgan fingerprint density at radius 1 is 1.03 bits per heavy atom. The number of nitrogens with one attached hydrogen (secondary N) is 1. The van der Waals surface area contributed by atoms with E-state index >= 15 is 0 Å². The van der Waals surface area contributed by atoms with Crippen LogP contribution in [0.2, 0.25) is 5.02 Å². The van der Waals surface area contributed by atoms with Crippen LogP contribution in [0.25, 0.3) is 16.9 Å². The van der Waals surface area contributed by atoms with Gasteiger partial charge in [0.2, 0.25) is 5.91 Å². The van der Waals surface area contributed by atoms with Crippen LogP contribution in [-0.2, 0) is 16.9 Å². The molecular weight excluding hydrogens is 398 g/mol. The molecule has 0 fully saturated rings. The van der Waals surface area contributed by atoms with Crippen LogP contribution in [0.15, 0.2) is 79.3 Å². The van der Waals surface area contributed by atoms with Crippen LogP contribution in [0.5, 0.6) is 0 Å². The van der Waals surface area contributed by atoms with E-state index in [1.807, 2.05) is 71.5 Å². The molecule has 30 heavy (non-hydrogen) atoms. The zero-order chi connectivity index (χ0) is 21.1. The molecular formula is C23H22ClN5O. The summed E-state index contributed by atoms with van der Waals surface area (Å²) in [4.78, 5) is 12.9. The molecule has 1 N–H and O–H groups in total. The Labute approximate surface area is 180 Å². The number of benzene rings is 2. The number of nitrogens with zero attached hydrogens (tertiary/aromatic N) is 4. The van der Waals surface area contributed by atoms with Crippen molar-refractivity contribution in [1.29, 1.82) is 0 Å². The van der Waals surface area contributed by atoms with Gasteiger partial charge < -0.3 is 5.32 Å². The molecule has 0 bridgehead atoms. The van der Waals surface area contributed by atoms with Gasteiger partial charge >= 0.3 is 0 Å². The summed E-state index contributed by atoms with van der Waals surface area (Å²) in [5, 5.41) is 12.5. The molecule has 0 saturated carbocycles. The van der Waals surface area contributed by atoms with Crippen molar-refractivity contribution in [3.05, 3.63) is 89.8 Å². The van der Waals surface area contributed by atoms with Gasteiger partial charge in [-0.1, -0.05) is 60.1 Å². The maximum absolute atomic E-state index is 12.9. The van der Waals surface area contributed by atoms with Gasteiger partial charge in [0.1, 0.15) is 5.54 Å². The maximum atomic E-state index is 12.9. The van der Waals surface area contributed by atoms with Crippen molar-refractivity contribution in [1.82, 2.24) is 24.9 Å². The van der Waals surface area contributed by atoms with Crippen molar-refractivity contribution < 1.29 is 4.79 Å². The number of hydrogen-bond donors (Lipinski definition) is 1. The lowest BCUT2D eigenvalue weighted by Gasteiger charge is -2.24. The molecule has 0 spiro atoms. The van der Waals surface area contributed by atoms with Crippen LogP contribution in [0.1, 0.15) is 19.4 Å². The largest absolute Gasteiger partial charge is 0.350 e. The van der Waals surface area contributed by atoms with Crippen LogP contribution < -0.4 is 5.32 Å². The molecule has 152 valence electrons. The summed E-state index contributed by atoms with van der Waals surface area (Å²) in [6.07, 6.45) is 5.12. The van der Waals surface area contributed by atoms with Crippen molar-refractivity contribution in [2.75, 3.05) is 0 Å². The Balaban J connectivity index is 1.61. The quantitative estimate of drug-likeness (QED) is 0.502. The Morgan fingerprint density at radius 3 is 2.33 bits per heavy atom. The first kappa shape index (κ1) is 19.9. The van der Waals surface area contributed by atoms with E-state index in [0.29, 0.717) is 11.6 Å². The topological polar surface area (TPSA) is 64.7 Å². The van der Waals surface area contributed by atoms with Gasteiger partial charge in [0.05, 0.1) is 22.6 Å². The van der Waals surface area contributed by atoms with Gasteiger partial charge in [-0.05, 0) is 26.0 Å². The van der Waals surface area contributed by atoms with Crippen LogP contribution >= 0.6 is 11.6 Å². The van der Waals surface area contributed by atoms with Gasteiger partial charge in [-0.2, -0.15) is 10.2 Å². The molecule has 0 saturated heterocycles. The standard InChI is InChI=1S/C23H22ClN5O/c1-23(2,29-16-19(24)14-26-29)22(30)25-13-18-15-28(20-11-7-4-8-12-20)27-21(18)17-9-5-3-6-10-17/h3-12,14-16H,13H2,1-2H3,(H,25,30). The second-order valence-corrected chi connectivity index (χ2v) is 7.93. The number of rotatable bonds is 6. The Hall–Kier alpha value is -3.38. The molecule has 0 aliphatic carbocycles. The highest BCUT2D eigenvalue weighted by Crippen LogP contribution is 2.24. The third kappa shape index (κ3) is 4.00. The summed E-state index contributed by atoms with van der Waals surface area (Å²) < 4.78 is 3.40. The zero-order valence-corrected chi connectivity index (χ0v) is 17.5. The molecule has 2 aromatic heterocycles. The maximum Gasteiger partial charge on any atom is 0.247 e. The molecule has 4 aromatic rings. The van der Waals surface area contributed by atoms with Crippen molar-refractivity contribution >= 4 is 17.5 Å². The smallest absolute Gasteiger partial charge is 0.247 e. The Bertz CT molecular complexity index is 1150. The normalized spacial score (nSPS) is 11.4. The molecule has 0 unspecified atom stereocenters. The molecule has 0 radical (unpaired) electrons. The third-order valence-corrected chi connectivity index (χ3v) is 5.17. The van der Waals surface area contributed by atoms with Crippen molar-refractivity contribution in [3.63, 3.8) is 0 Å². The molecule has 0 aliphatic rings. The van der Waals surface area contributed by atoms with Crippen molar-refractivity contribution in [2.45, 2.75) is 25.9 Å². The average Bonchev–Trinajstić information content (AvgIpc) is 3.40. The summed E-state index contributed by atoms with van der Waals surface area (Å²) >= 11 is 5.97. The van der Waals surface area contributed by atoms with E-state index in [-0.39, 0.29) is 5.91 Å². The third-order valence-electron chi connectivity index (χ3n) is 4.98. The van der Waals surface area contributed by atoms with Gasteiger partial charge in [-0.3, -0.25) is 9.48 Å². The number of aromatic nitrogens is 4. The number of hydrogen-bond acceptors (Lipinski definition) is 3. The minimum Gasteiger partial charge on any atom is -0.350 e. The zero-order valence-electron chi connectivity index (χ0n) is 16.8. The molecule has 4 rings (SSSR count). The predicted octanol–water partition coefficient (Wildman–Crippen LogP) is 4.44. The van der Waals surface area contributed by atoms with Crippen LogP contribution in [-0.4, -0.2) is 25.5 Å². The highest BCUT2D eigenvalue weighted by atomic mass is 35.5. The van der Waals surface area contributed by atoms with Crippen LogP contribution in [0, 0.1) is 0 Å². The second kappa shape index (κ2) is 8.16. The summed E-state index contributed by atoms with van der Waals surface area (Å²) in [5.41, 5.74) is 2.83. The van der Waals surface area contributed by atoms with E-state index < -0.39 is 5.54 Å². The Morgan fingerprint density at radius 2 is 1.70 bits per heavy atom. The highest BCUT2D eigenvalue weighted by Gasteiger charge is 2.30. The monoisotopic (exact) mass is 419 g/mol. The Kier molecular flexibility index (Phi) is 5.42. The van der Waals surface area contributed by atoms with Gasteiger partial charge in [0.15, 0.2) is 0 Å². The number of amides is 1. The lowest BCUT2D eigenvalue weighted by Crippen LogP contribution is -2.44. The van der Waals surface area contributed by atoms with E-state index in [1.165, 1.54) is 6.20 Å². The van der Waals surface area contributed by atoms with E-state index in [9.17, 15) is 4.79 Å². The first-order valence-corrected chi connectivity index (χ1v) is 10.0. The molecule has 1 amide bonds. The summed E-state index contributed by atoms with van der Waals surface area (Å²) in [6, 6.07) is 19.8. The number of carbonyl (C=O) groups is 1. The fourth-order valence-corrected chi connectivity index (χ4v) is 3.33. The molecule has 2 heterocycles. The first-order valence-electron chi connectivity index (χ1n) is 9.63. The predicted molar refractivity (Wildman–Crippen MR) is 117 cm³/mol. The lowest BCUT2D eigenvalue weighted by atomic mass is 10.0. The van der Waals surface area contributed by atoms with Crippen molar-refractivity contribution in [2.24, 2.45) is 0 Å². The number of carbonyl (C=O) groups excluding carboxylic acids is 1. The fourth-order valence-electron chi connectivity index (χ4n) is 3.19. The highest BCUT2D eigenvalue weighted by molar-refractivity contribution is 6.30. The number of halogens is 1. The van der Waals surface area contributed by atoms with Gasteiger partial charge in [0, 0.05) is 30.1 Å². The molecule has 0 atom stereocenters. The summed E-state index contributed by atoms with van der Waals surface area (Å²) in [6.45, 7) is 3.95. The van der Waals surface area contributed by atoms with E-state index in [1.54, 1.807) is 24.7 Å². The minimum absolute atomic E-state index is 0.159.